The number of amides is 1. The molecular formula is C22H26N2O3. The van der Waals surface area contributed by atoms with Gasteiger partial charge in [-0.2, -0.15) is 0 Å². The zero-order valence-electron chi connectivity index (χ0n) is 15.9. The Kier molecular flexibility index (Phi) is 5.81. The van der Waals surface area contributed by atoms with E-state index in [0.29, 0.717) is 25.3 Å². The van der Waals surface area contributed by atoms with Gasteiger partial charge in [-0.3, -0.25) is 4.79 Å². The van der Waals surface area contributed by atoms with Gasteiger partial charge in [-0.05, 0) is 37.6 Å². The van der Waals surface area contributed by atoms with Crippen molar-refractivity contribution in [2.75, 3.05) is 32.2 Å². The summed E-state index contributed by atoms with van der Waals surface area (Å²) >= 11 is 0. The largest absolute Gasteiger partial charge is 0.490 e. The predicted molar refractivity (Wildman–Crippen MR) is 107 cm³/mol. The average molecular weight is 366 g/mol. The molecule has 0 radical (unpaired) electrons. The summed E-state index contributed by atoms with van der Waals surface area (Å²) in [5.41, 5.74) is 1.80. The van der Waals surface area contributed by atoms with Crippen LogP contribution in [0, 0.1) is 0 Å². The van der Waals surface area contributed by atoms with E-state index in [0.717, 1.165) is 23.4 Å². The van der Waals surface area contributed by atoms with Crippen LogP contribution in [0.15, 0.2) is 61.2 Å². The van der Waals surface area contributed by atoms with Crippen LogP contribution in [0.4, 0.5) is 5.69 Å². The number of hydrogen-bond donors (Lipinski definition) is 1. The Balaban J connectivity index is 2.00. The Morgan fingerprint density at radius 3 is 2.81 bits per heavy atom. The topological polar surface area (TPSA) is 50.8 Å². The summed E-state index contributed by atoms with van der Waals surface area (Å²) in [6, 6.07) is 15.5. The fourth-order valence-corrected chi connectivity index (χ4v) is 3.42. The molecule has 5 heteroatoms. The van der Waals surface area contributed by atoms with Crippen LogP contribution < -0.4 is 10.1 Å². The molecule has 0 saturated carbocycles. The van der Waals surface area contributed by atoms with E-state index in [9.17, 15) is 4.79 Å². The number of nitrogens with zero attached hydrogens (tertiary/aromatic N) is 1. The van der Waals surface area contributed by atoms with Crippen molar-refractivity contribution in [2.45, 2.75) is 19.0 Å². The van der Waals surface area contributed by atoms with E-state index in [4.69, 9.17) is 9.47 Å². The summed E-state index contributed by atoms with van der Waals surface area (Å²) in [4.78, 5) is 15.1. The highest BCUT2D eigenvalue weighted by molar-refractivity contribution is 6.02. The maximum absolute atomic E-state index is 13.3. The van der Waals surface area contributed by atoms with Crippen molar-refractivity contribution in [2.24, 2.45) is 0 Å². The summed E-state index contributed by atoms with van der Waals surface area (Å²) in [6.45, 7) is 7.34. The van der Waals surface area contributed by atoms with E-state index in [-0.39, 0.29) is 5.91 Å². The van der Waals surface area contributed by atoms with Gasteiger partial charge in [-0.1, -0.05) is 36.9 Å². The van der Waals surface area contributed by atoms with Gasteiger partial charge in [0.15, 0.2) is 0 Å². The van der Waals surface area contributed by atoms with Crippen LogP contribution in [0.3, 0.4) is 0 Å². The normalized spacial score (nSPS) is 18.6. The first-order valence-electron chi connectivity index (χ1n) is 9.12. The van der Waals surface area contributed by atoms with E-state index >= 15 is 0 Å². The summed E-state index contributed by atoms with van der Waals surface area (Å²) in [7, 11) is 1.67. The number of rotatable bonds is 8. The number of carbonyl (C=O) groups excluding carboxylic acids is 1. The highest BCUT2D eigenvalue weighted by atomic mass is 16.5. The number of anilines is 1. The summed E-state index contributed by atoms with van der Waals surface area (Å²) in [6.07, 6.45) is 2.47. The Bertz CT molecular complexity index is 821. The lowest BCUT2D eigenvalue weighted by Gasteiger charge is -2.47. The molecule has 1 aliphatic heterocycles. The summed E-state index contributed by atoms with van der Waals surface area (Å²) in [5.74, 6) is 0.763. The number of para-hydroxylation sites is 1. The fourth-order valence-electron chi connectivity index (χ4n) is 3.42. The molecular weight excluding hydrogens is 340 g/mol. The van der Waals surface area contributed by atoms with Gasteiger partial charge >= 0.3 is 0 Å². The number of nitrogens with one attached hydrogen (secondary N) is 1. The second-order valence-corrected chi connectivity index (χ2v) is 6.67. The number of fused-ring (bicyclic) bond motifs is 1. The molecule has 27 heavy (non-hydrogen) atoms. The molecule has 0 fully saturated rings. The van der Waals surface area contributed by atoms with Crippen LogP contribution in [-0.2, 0) is 10.4 Å². The van der Waals surface area contributed by atoms with E-state index in [2.05, 4.69) is 11.9 Å². The Morgan fingerprint density at radius 1 is 1.22 bits per heavy atom. The number of benzene rings is 2. The monoisotopic (exact) mass is 366 g/mol. The standard InChI is InChI=1S/C22H26N2O3/c1-4-14-27-18-10-7-9-17(16-18)22(2)23-20-12-6-5-11-19(20)21(25)24(22)13-8-15-26-3/h4-7,9-12,16,23H,1,8,13-15H2,2-3H3. The highest BCUT2D eigenvalue weighted by Gasteiger charge is 2.42. The second kappa shape index (κ2) is 8.27. The van der Waals surface area contributed by atoms with Gasteiger partial charge in [0.25, 0.3) is 5.91 Å². The summed E-state index contributed by atoms with van der Waals surface area (Å²) in [5, 5.41) is 3.57. The third-order valence-corrected chi connectivity index (χ3v) is 4.81. The Morgan fingerprint density at radius 2 is 2.04 bits per heavy atom. The van der Waals surface area contributed by atoms with Gasteiger partial charge in [0, 0.05) is 31.5 Å². The molecule has 2 aromatic rings. The van der Waals surface area contributed by atoms with Gasteiger partial charge in [-0.15, -0.1) is 0 Å². The van der Waals surface area contributed by atoms with Gasteiger partial charge in [0.2, 0.25) is 0 Å². The molecule has 1 amide bonds. The lowest BCUT2D eigenvalue weighted by Crippen LogP contribution is -2.56. The molecule has 1 atom stereocenters. The van der Waals surface area contributed by atoms with Crippen molar-refractivity contribution in [3.8, 4) is 5.75 Å². The molecule has 1 aliphatic rings. The quantitative estimate of drug-likeness (QED) is 0.566. The van der Waals surface area contributed by atoms with Crippen LogP contribution in [0.5, 0.6) is 5.75 Å². The van der Waals surface area contributed by atoms with Crippen molar-refractivity contribution in [3.63, 3.8) is 0 Å². The van der Waals surface area contributed by atoms with Crippen LogP contribution >= 0.6 is 0 Å². The maximum atomic E-state index is 13.3. The van der Waals surface area contributed by atoms with E-state index in [1.807, 2.05) is 60.4 Å². The third kappa shape index (κ3) is 3.83. The molecule has 1 unspecified atom stereocenters. The van der Waals surface area contributed by atoms with Crippen LogP contribution in [0.1, 0.15) is 29.3 Å². The smallest absolute Gasteiger partial charge is 0.258 e. The van der Waals surface area contributed by atoms with Crippen molar-refractivity contribution < 1.29 is 14.3 Å². The number of hydrogen-bond acceptors (Lipinski definition) is 4. The van der Waals surface area contributed by atoms with Crippen molar-refractivity contribution >= 4 is 11.6 Å². The van der Waals surface area contributed by atoms with Crippen LogP contribution in [-0.4, -0.2) is 37.7 Å². The molecule has 3 rings (SSSR count). The molecule has 0 aliphatic carbocycles. The first-order chi connectivity index (χ1) is 13.1. The van der Waals surface area contributed by atoms with E-state index in [1.54, 1.807) is 13.2 Å². The Labute approximate surface area is 160 Å². The zero-order chi connectivity index (χ0) is 19.3. The molecule has 2 aromatic carbocycles. The van der Waals surface area contributed by atoms with Crippen molar-refractivity contribution in [3.05, 3.63) is 72.3 Å². The van der Waals surface area contributed by atoms with E-state index < -0.39 is 5.66 Å². The minimum Gasteiger partial charge on any atom is -0.490 e. The molecule has 0 bridgehead atoms. The van der Waals surface area contributed by atoms with E-state index in [1.165, 1.54) is 0 Å². The summed E-state index contributed by atoms with van der Waals surface area (Å²) < 4.78 is 10.9. The predicted octanol–water partition coefficient (Wildman–Crippen LogP) is 4.03. The number of methoxy groups -OCH3 is 1. The van der Waals surface area contributed by atoms with Crippen LogP contribution in [0.2, 0.25) is 0 Å². The van der Waals surface area contributed by atoms with Gasteiger partial charge in [0.1, 0.15) is 18.0 Å². The molecule has 0 aromatic heterocycles. The maximum Gasteiger partial charge on any atom is 0.258 e. The lowest BCUT2D eigenvalue weighted by atomic mass is 9.93. The van der Waals surface area contributed by atoms with Crippen LogP contribution in [0.25, 0.3) is 0 Å². The third-order valence-electron chi connectivity index (χ3n) is 4.81. The van der Waals surface area contributed by atoms with Gasteiger partial charge in [0.05, 0.1) is 5.56 Å². The number of carbonyl (C=O) groups is 1. The molecule has 142 valence electrons. The molecule has 1 heterocycles. The second-order valence-electron chi connectivity index (χ2n) is 6.67. The first-order valence-corrected chi connectivity index (χ1v) is 9.12. The molecule has 1 N–H and O–H groups in total. The fraction of sp³-hybridized carbons (Fsp3) is 0.318. The van der Waals surface area contributed by atoms with Crippen molar-refractivity contribution in [1.82, 2.24) is 4.90 Å². The minimum absolute atomic E-state index is 0.0142. The molecule has 0 saturated heterocycles. The van der Waals surface area contributed by atoms with Crippen molar-refractivity contribution in [1.29, 1.82) is 0 Å². The molecule has 5 nitrogen and oxygen atoms in total. The Hall–Kier alpha value is -2.79. The SMILES string of the molecule is C=CCOc1cccc(C2(C)Nc3ccccc3C(=O)N2CCCOC)c1. The lowest BCUT2D eigenvalue weighted by molar-refractivity contribution is 0.0504. The van der Waals surface area contributed by atoms with Gasteiger partial charge in [-0.25, -0.2) is 0 Å². The molecule has 0 spiro atoms. The first kappa shape index (κ1) is 19.0. The average Bonchev–Trinajstić information content (AvgIpc) is 2.69. The number of ether oxygens (including phenoxy) is 2. The zero-order valence-corrected chi connectivity index (χ0v) is 15.9. The van der Waals surface area contributed by atoms with Gasteiger partial charge < -0.3 is 19.7 Å². The minimum atomic E-state index is -0.688. The highest BCUT2D eigenvalue weighted by Crippen LogP contribution is 2.38.